The SMILES string of the molecule is COC(=O)c1c(N)nc(-c2ccccc2)n1Cc1ccccc1. The maximum Gasteiger partial charge on any atom is 0.358 e. The Hall–Kier alpha value is -3.08. The van der Waals surface area contributed by atoms with E-state index in [-0.39, 0.29) is 11.5 Å². The van der Waals surface area contributed by atoms with Gasteiger partial charge in [0.05, 0.1) is 7.11 Å². The summed E-state index contributed by atoms with van der Waals surface area (Å²) in [6.07, 6.45) is 0. The van der Waals surface area contributed by atoms with Crippen LogP contribution in [0.25, 0.3) is 11.4 Å². The van der Waals surface area contributed by atoms with Crippen LogP contribution >= 0.6 is 0 Å². The molecule has 0 atom stereocenters. The van der Waals surface area contributed by atoms with Crippen molar-refractivity contribution >= 4 is 11.8 Å². The van der Waals surface area contributed by atoms with Crippen LogP contribution in [0.5, 0.6) is 0 Å². The molecule has 0 saturated carbocycles. The Labute approximate surface area is 134 Å². The van der Waals surface area contributed by atoms with E-state index in [1.165, 1.54) is 7.11 Å². The maximum atomic E-state index is 12.1. The van der Waals surface area contributed by atoms with Crippen LogP contribution < -0.4 is 5.73 Å². The van der Waals surface area contributed by atoms with Crippen molar-refractivity contribution in [1.82, 2.24) is 9.55 Å². The van der Waals surface area contributed by atoms with Gasteiger partial charge < -0.3 is 15.0 Å². The lowest BCUT2D eigenvalue weighted by Crippen LogP contribution is -2.14. The average Bonchev–Trinajstić information content (AvgIpc) is 2.92. The first-order valence-corrected chi connectivity index (χ1v) is 7.24. The summed E-state index contributed by atoms with van der Waals surface area (Å²) in [6.45, 7) is 0.486. The molecule has 0 bridgehead atoms. The minimum Gasteiger partial charge on any atom is -0.464 e. The van der Waals surface area contributed by atoms with Crippen molar-refractivity contribution in [2.75, 3.05) is 12.8 Å². The minimum absolute atomic E-state index is 0.173. The molecule has 1 heterocycles. The van der Waals surface area contributed by atoms with Gasteiger partial charge in [-0.15, -0.1) is 0 Å². The molecular formula is C18H17N3O2. The molecule has 0 saturated heterocycles. The van der Waals surface area contributed by atoms with E-state index in [1.807, 2.05) is 60.7 Å². The van der Waals surface area contributed by atoms with Gasteiger partial charge in [0, 0.05) is 12.1 Å². The van der Waals surface area contributed by atoms with Crippen LogP contribution in [0.2, 0.25) is 0 Å². The number of imidazole rings is 1. The lowest BCUT2D eigenvalue weighted by Gasteiger charge is -2.11. The van der Waals surface area contributed by atoms with Crippen LogP contribution in [-0.2, 0) is 11.3 Å². The van der Waals surface area contributed by atoms with Crippen LogP contribution in [0, 0.1) is 0 Å². The van der Waals surface area contributed by atoms with Crippen LogP contribution in [0.1, 0.15) is 16.1 Å². The highest BCUT2D eigenvalue weighted by atomic mass is 16.5. The van der Waals surface area contributed by atoms with Crippen molar-refractivity contribution in [2.45, 2.75) is 6.54 Å². The van der Waals surface area contributed by atoms with Gasteiger partial charge in [0.15, 0.2) is 11.5 Å². The monoisotopic (exact) mass is 307 g/mol. The van der Waals surface area contributed by atoms with Crippen LogP contribution in [0.4, 0.5) is 5.82 Å². The fraction of sp³-hybridized carbons (Fsp3) is 0.111. The Morgan fingerprint density at radius 1 is 1.09 bits per heavy atom. The number of nitrogens with two attached hydrogens (primary N) is 1. The second-order valence-corrected chi connectivity index (χ2v) is 5.10. The second-order valence-electron chi connectivity index (χ2n) is 5.10. The molecule has 0 radical (unpaired) electrons. The third-order valence-electron chi connectivity index (χ3n) is 3.59. The molecule has 0 unspecified atom stereocenters. The number of methoxy groups -OCH3 is 1. The highest BCUT2D eigenvalue weighted by Gasteiger charge is 2.23. The quantitative estimate of drug-likeness (QED) is 0.752. The zero-order valence-electron chi connectivity index (χ0n) is 12.8. The van der Waals surface area contributed by atoms with Gasteiger partial charge in [-0.05, 0) is 5.56 Å². The molecule has 0 aliphatic carbocycles. The number of hydrogen-bond donors (Lipinski definition) is 1. The lowest BCUT2D eigenvalue weighted by molar-refractivity contribution is 0.0590. The van der Waals surface area contributed by atoms with Crippen LogP contribution in [-0.4, -0.2) is 22.6 Å². The van der Waals surface area contributed by atoms with Crippen molar-refractivity contribution < 1.29 is 9.53 Å². The number of carbonyl (C=O) groups is 1. The molecule has 0 spiro atoms. The van der Waals surface area contributed by atoms with Gasteiger partial charge in [0.25, 0.3) is 0 Å². The zero-order chi connectivity index (χ0) is 16.2. The molecule has 23 heavy (non-hydrogen) atoms. The minimum atomic E-state index is -0.492. The van der Waals surface area contributed by atoms with E-state index in [0.717, 1.165) is 11.1 Å². The highest BCUT2D eigenvalue weighted by Crippen LogP contribution is 2.25. The van der Waals surface area contributed by atoms with E-state index < -0.39 is 5.97 Å². The van der Waals surface area contributed by atoms with E-state index in [4.69, 9.17) is 10.5 Å². The summed E-state index contributed by atoms with van der Waals surface area (Å²) in [4.78, 5) is 16.5. The lowest BCUT2D eigenvalue weighted by atomic mass is 10.2. The Balaban J connectivity index is 2.15. The number of esters is 1. The van der Waals surface area contributed by atoms with Gasteiger partial charge in [-0.2, -0.15) is 0 Å². The Morgan fingerprint density at radius 3 is 2.30 bits per heavy atom. The van der Waals surface area contributed by atoms with E-state index in [2.05, 4.69) is 4.98 Å². The smallest absolute Gasteiger partial charge is 0.358 e. The highest BCUT2D eigenvalue weighted by molar-refractivity contribution is 5.93. The summed E-state index contributed by atoms with van der Waals surface area (Å²) >= 11 is 0. The number of aromatic nitrogens is 2. The number of rotatable bonds is 4. The fourth-order valence-electron chi connectivity index (χ4n) is 2.51. The molecule has 116 valence electrons. The van der Waals surface area contributed by atoms with Crippen LogP contribution in [0.3, 0.4) is 0 Å². The first-order chi connectivity index (χ1) is 11.2. The number of nitrogens with zero attached hydrogens (tertiary/aromatic N) is 2. The largest absolute Gasteiger partial charge is 0.464 e. The maximum absolute atomic E-state index is 12.1. The van der Waals surface area contributed by atoms with E-state index >= 15 is 0 Å². The normalized spacial score (nSPS) is 10.5. The van der Waals surface area contributed by atoms with Gasteiger partial charge in [-0.1, -0.05) is 60.7 Å². The number of benzene rings is 2. The number of ether oxygens (including phenoxy) is 1. The molecule has 2 N–H and O–H groups in total. The molecule has 1 aromatic heterocycles. The Morgan fingerprint density at radius 2 is 1.70 bits per heavy atom. The van der Waals surface area contributed by atoms with Crippen molar-refractivity contribution in [3.8, 4) is 11.4 Å². The van der Waals surface area contributed by atoms with Gasteiger partial charge in [-0.25, -0.2) is 9.78 Å². The van der Waals surface area contributed by atoms with Crippen molar-refractivity contribution in [1.29, 1.82) is 0 Å². The van der Waals surface area contributed by atoms with E-state index in [0.29, 0.717) is 12.4 Å². The third kappa shape index (κ3) is 2.94. The first kappa shape index (κ1) is 14.8. The van der Waals surface area contributed by atoms with Crippen LogP contribution in [0.15, 0.2) is 60.7 Å². The topological polar surface area (TPSA) is 70.1 Å². The molecule has 3 aromatic rings. The molecular weight excluding hydrogens is 290 g/mol. The predicted molar refractivity (Wildman–Crippen MR) is 89.0 cm³/mol. The summed E-state index contributed by atoms with van der Waals surface area (Å²) < 4.78 is 6.66. The summed E-state index contributed by atoms with van der Waals surface area (Å²) in [7, 11) is 1.34. The zero-order valence-corrected chi connectivity index (χ0v) is 12.8. The molecule has 2 aromatic carbocycles. The van der Waals surface area contributed by atoms with E-state index in [9.17, 15) is 4.79 Å². The third-order valence-corrected chi connectivity index (χ3v) is 3.59. The average molecular weight is 307 g/mol. The Kier molecular flexibility index (Phi) is 4.10. The van der Waals surface area contributed by atoms with Gasteiger partial charge in [-0.3, -0.25) is 0 Å². The predicted octanol–water partition coefficient (Wildman–Crippen LogP) is 2.97. The molecule has 0 aliphatic heterocycles. The number of carbonyl (C=O) groups excluding carboxylic acids is 1. The second kappa shape index (κ2) is 6.36. The van der Waals surface area contributed by atoms with Gasteiger partial charge in [0.1, 0.15) is 5.82 Å². The Bertz CT molecular complexity index is 811. The standard InChI is InChI=1S/C18H17N3O2/c1-23-18(22)15-16(19)20-17(14-10-6-3-7-11-14)21(15)12-13-8-4-2-5-9-13/h2-11H,12,19H2,1H3. The van der Waals surface area contributed by atoms with Crippen molar-refractivity contribution in [2.24, 2.45) is 0 Å². The van der Waals surface area contributed by atoms with Crippen molar-refractivity contribution in [3.63, 3.8) is 0 Å². The fourth-order valence-corrected chi connectivity index (χ4v) is 2.51. The molecule has 5 nitrogen and oxygen atoms in total. The number of anilines is 1. The molecule has 0 amide bonds. The van der Waals surface area contributed by atoms with Gasteiger partial charge >= 0.3 is 5.97 Å². The molecule has 5 heteroatoms. The molecule has 0 fully saturated rings. The summed E-state index contributed by atoms with van der Waals surface area (Å²) in [5, 5.41) is 0. The summed E-state index contributed by atoms with van der Waals surface area (Å²) in [6, 6.07) is 19.5. The molecule has 3 rings (SSSR count). The summed E-state index contributed by atoms with van der Waals surface area (Å²) in [5.41, 5.74) is 8.19. The molecule has 0 aliphatic rings. The first-order valence-electron chi connectivity index (χ1n) is 7.24. The van der Waals surface area contributed by atoms with E-state index in [1.54, 1.807) is 4.57 Å². The van der Waals surface area contributed by atoms with Gasteiger partial charge in [0.2, 0.25) is 0 Å². The summed E-state index contributed by atoms with van der Waals surface area (Å²) in [5.74, 6) is 0.326. The van der Waals surface area contributed by atoms with Crippen molar-refractivity contribution in [3.05, 3.63) is 71.9 Å². The number of hydrogen-bond acceptors (Lipinski definition) is 4. The number of nitrogen functional groups attached to an aromatic ring is 1.